The molecule has 16 heavy (non-hydrogen) atoms. The van der Waals surface area contributed by atoms with Crippen molar-refractivity contribution in [2.45, 2.75) is 40.2 Å². The summed E-state index contributed by atoms with van der Waals surface area (Å²) in [5.41, 5.74) is 1.61. The van der Waals surface area contributed by atoms with Crippen LogP contribution < -0.4 is 4.74 Å². The normalized spacial score (nSPS) is 11.3. The number of aryl methyl sites for hydroxylation is 2. The number of hydrogen-bond acceptors (Lipinski definition) is 2. The number of rotatable bonds is 2. The van der Waals surface area contributed by atoms with Crippen LogP contribution in [0, 0.1) is 13.8 Å². The highest BCUT2D eigenvalue weighted by atomic mass is 16.5. The molecule has 3 heteroatoms. The highest BCUT2D eigenvalue weighted by Gasteiger charge is 2.20. The van der Waals surface area contributed by atoms with Gasteiger partial charge in [0.1, 0.15) is 16.9 Å². The average Bonchev–Trinajstić information content (AvgIpc) is 2.07. The fraction of sp³-hybridized carbons (Fsp3) is 0.462. The van der Waals surface area contributed by atoms with E-state index in [1.807, 2.05) is 40.7 Å². The first kappa shape index (κ1) is 12.6. The molecule has 0 aliphatic carbocycles. The van der Waals surface area contributed by atoms with E-state index in [2.05, 4.69) is 0 Å². The Morgan fingerprint density at radius 1 is 1.25 bits per heavy atom. The van der Waals surface area contributed by atoms with Crippen LogP contribution in [-0.4, -0.2) is 16.7 Å². The summed E-state index contributed by atoms with van der Waals surface area (Å²) in [7, 11) is 0. The number of hydrogen-bond donors (Lipinski definition) is 1. The predicted molar refractivity (Wildman–Crippen MR) is 63.3 cm³/mol. The van der Waals surface area contributed by atoms with Crippen molar-refractivity contribution in [3.63, 3.8) is 0 Å². The van der Waals surface area contributed by atoms with Crippen molar-refractivity contribution < 1.29 is 14.6 Å². The van der Waals surface area contributed by atoms with Gasteiger partial charge in [0.15, 0.2) is 0 Å². The summed E-state index contributed by atoms with van der Waals surface area (Å²) in [6.07, 6.45) is 0. The molecule has 0 unspecified atom stereocenters. The Morgan fingerprint density at radius 3 is 2.25 bits per heavy atom. The van der Waals surface area contributed by atoms with Crippen molar-refractivity contribution in [1.82, 2.24) is 0 Å². The average molecular weight is 222 g/mol. The molecule has 0 aromatic heterocycles. The molecule has 1 rings (SSSR count). The Kier molecular flexibility index (Phi) is 3.27. The van der Waals surface area contributed by atoms with Crippen LogP contribution in [0.4, 0.5) is 0 Å². The third-order valence-electron chi connectivity index (χ3n) is 2.06. The molecule has 3 nitrogen and oxygen atoms in total. The van der Waals surface area contributed by atoms with E-state index in [4.69, 9.17) is 9.84 Å². The van der Waals surface area contributed by atoms with Gasteiger partial charge in [-0.3, -0.25) is 0 Å². The summed E-state index contributed by atoms with van der Waals surface area (Å²) in [6.45, 7) is 9.44. The number of carboxylic acids is 1. The van der Waals surface area contributed by atoms with Crippen LogP contribution in [0.15, 0.2) is 12.1 Å². The topological polar surface area (TPSA) is 46.5 Å². The maximum absolute atomic E-state index is 11.1. The van der Waals surface area contributed by atoms with Crippen molar-refractivity contribution in [2.75, 3.05) is 0 Å². The van der Waals surface area contributed by atoms with Gasteiger partial charge in [-0.1, -0.05) is 6.07 Å². The Labute approximate surface area is 96.1 Å². The molecule has 1 aromatic rings. The molecule has 0 saturated carbocycles. The van der Waals surface area contributed by atoms with Crippen LogP contribution in [0.3, 0.4) is 0 Å². The first-order valence-corrected chi connectivity index (χ1v) is 5.24. The molecule has 1 N–H and O–H groups in total. The number of aromatic carboxylic acids is 1. The molecule has 0 fully saturated rings. The number of ether oxygens (including phenoxy) is 1. The molecule has 0 spiro atoms. The van der Waals surface area contributed by atoms with E-state index in [1.54, 1.807) is 6.07 Å². The molecule has 0 aliphatic heterocycles. The molecule has 0 radical (unpaired) electrons. The quantitative estimate of drug-likeness (QED) is 0.836. The summed E-state index contributed by atoms with van der Waals surface area (Å²) in [5.74, 6) is -0.489. The Hall–Kier alpha value is -1.51. The van der Waals surface area contributed by atoms with E-state index in [9.17, 15) is 4.79 Å². The van der Waals surface area contributed by atoms with Gasteiger partial charge in [0, 0.05) is 0 Å². The van der Waals surface area contributed by atoms with Crippen molar-refractivity contribution in [3.05, 3.63) is 28.8 Å². The fourth-order valence-electron chi connectivity index (χ4n) is 1.55. The second-order valence-electron chi connectivity index (χ2n) is 4.98. The third-order valence-corrected chi connectivity index (χ3v) is 2.06. The Bertz CT molecular complexity index is 414. The van der Waals surface area contributed by atoms with E-state index in [-0.39, 0.29) is 5.56 Å². The zero-order valence-corrected chi connectivity index (χ0v) is 10.4. The fourth-order valence-corrected chi connectivity index (χ4v) is 1.55. The van der Waals surface area contributed by atoms with Gasteiger partial charge in [-0.25, -0.2) is 4.79 Å². The second-order valence-corrected chi connectivity index (χ2v) is 4.98. The van der Waals surface area contributed by atoms with Gasteiger partial charge in [-0.2, -0.15) is 0 Å². The minimum atomic E-state index is -0.953. The monoisotopic (exact) mass is 222 g/mol. The van der Waals surface area contributed by atoms with Crippen LogP contribution in [0.1, 0.15) is 42.3 Å². The van der Waals surface area contributed by atoms with Crippen molar-refractivity contribution >= 4 is 5.97 Å². The number of benzene rings is 1. The maximum Gasteiger partial charge on any atom is 0.339 e. The lowest BCUT2D eigenvalue weighted by Crippen LogP contribution is -2.24. The summed E-state index contributed by atoms with van der Waals surface area (Å²) < 4.78 is 5.70. The molecule has 0 amide bonds. The van der Waals surface area contributed by atoms with Gasteiger partial charge in [0.05, 0.1) is 0 Å². The predicted octanol–water partition coefficient (Wildman–Crippen LogP) is 3.18. The molecular weight excluding hydrogens is 204 g/mol. The summed E-state index contributed by atoms with van der Waals surface area (Å²) in [4.78, 5) is 11.1. The van der Waals surface area contributed by atoms with E-state index in [1.165, 1.54) is 0 Å². The summed E-state index contributed by atoms with van der Waals surface area (Å²) in [6, 6.07) is 3.56. The molecule has 0 saturated heterocycles. The third kappa shape index (κ3) is 2.99. The van der Waals surface area contributed by atoms with Gasteiger partial charge >= 0.3 is 5.97 Å². The smallest absolute Gasteiger partial charge is 0.339 e. The zero-order chi connectivity index (χ0) is 12.5. The first-order valence-electron chi connectivity index (χ1n) is 5.24. The van der Waals surface area contributed by atoms with E-state index >= 15 is 0 Å². The van der Waals surface area contributed by atoms with Gasteiger partial charge in [-0.05, 0) is 51.8 Å². The lowest BCUT2D eigenvalue weighted by molar-refractivity contribution is 0.0680. The van der Waals surface area contributed by atoms with Crippen LogP contribution in [0.2, 0.25) is 0 Å². The molecule has 0 atom stereocenters. The lowest BCUT2D eigenvalue weighted by atomic mass is 10.0. The molecular formula is C13H18O3. The first-order chi connectivity index (χ1) is 7.20. The standard InChI is InChI=1S/C13H18O3/c1-8-6-9(2)11(16-13(3,4)5)10(7-8)12(14)15/h6-7H,1-5H3,(H,14,15). The van der Waals surface area contributed by atoms with E-state index in [0.29, 0.717) is 5.75 Å². The highest BCUT2D eigenvalue weighted by molar-refractivity contribution is 5.91. The summed E-state index contributed by atoms with van der Waals surface area (Å²) in [5, 5.41) is 9.13. The second kappa shape index (κ2) is 4.16. The zero-order valence-electron chi connectivity index (χ0n) is 10.4. The van der Waals surface area contributed by atoms with Crippen LogP contribution in [0.25, 0.3) is 0 Å². The van der Waals surface area contributed by atoms with Gasteiger partial charge in [0.25, 0.3) is 0 Å². The minimum Gasteiger partial charge on any atom is -0.487 e. The lowest BCUT2D eigenvalue weighted by Gasteiger charge is -2.24. The minimum absolute atomic E-state index is 0.229. The van der Waals surface area contributed by atoms with E-state index in [0.717, 1.165) is 11.1 Å². The maximum atomic E-state index is 11.1. The van der Waals surface area contributed by atoms with Crippen molar-refractivity contribution in [3.8, 4) is 5.75 Å². The molecule has 0 heterocycles. The molecule has 1 aromatic carbocycles. The van der Waals surface area contributed by atoms with Gasteiger partial charge in [0.2, 0.25) is 0 Å². The Morgan fingerprint density at radius 2 is 1.81 bits per heavy atom. The molecule has 0 bridgehead atoms. The van der Waals surface area contributed by atoms with Crippen molar-refractivity contribution in [1.29, 1.82) is 0 Å². The van der Waals surface area contributed by atoms with Crippen LogP contribution >= 0.6 is 0 Å². The van der Waals surface area contributed by atoms with Crippen LogP contribution in [0.5, 0.6) is 5.75 Å². The van der Waals surface area contributed by atoms with Crippen molar-refractivity contribution in [2.24, 2.45) is 0 Å². The molecule has 0 aliphatic rings. The van der Waals surface area contributed by atoms with Gasteiger partial charge in [-0.15, -0.1) is 0 Å². The molecule has 88 valence electrons. The largest absolute Gasteiger partial charge is 0.487 e. The van der Waals surface area contributed by atoms with E-state index < -0.39 is 11.6 Å². The highest BCUT2D eigenvalue weighted by Crippen LogP contribution is 2.28. The Balaban J connectivity index is 3.30. The summed E-state index contributed by atoms with van der Waals surface area (Å²) >= 11 is 0. The number of carboxylic acid groups (broad SMARTS) is 1. The SMILES string of the molecule is Cc1cc(C)c(OC(C)(C)C)c(C(=O)O)c1. The van der Waals surface area contributed by atoms with Gasteiger partial charge < -0.3 is 9.84 Å². The number of carbonyl (C=O) groups is 1. The van der Waals surface area contributed by atoms with Crippen LogP contribution in [-0.2, 0) is 0 Å².